The Bertz CT molecular complexity index is 694. The first-order valence-corrected chi connectivity index (χ1v) is 7.13. The van der Waals surface area contributed by atoms with Crippen molar-refractivity contribution in [3.05, 3.63) is 52.7 Å². The summed E-state index contributed by atoms with van der Waals surface area (Å²) in [5.74, 6) is -0.981. The predicted molar refractivity (Wildman–Crippen MR) is 75.8 cm³/mol. The Labute approximate surface area is 117 Å². The average Bonchev–Trinajstić information content (AvgIpc) is 2.32. The molecule has 0 aliphatic heterocycles. The Morgan fingerprint density at radius 1 is 1.45 bits per heavy atom. The van der Waals surface area contributed by atoms with Gasteiger partial charge in [-0.15, -0.1) is 0 Å². The van der Waals surface area contributed by atoms with Crippen LogP contribution in [0.1, 0.15) is 12.5 Å². The minimum absolute atomic E-state index is 0.0708. The molecule has 0 unspecified atom stereocenters. The van der Waals surface area contributed by atoms with Gasteiger partial charge in [0.25, 0.3) is 5.91 Å². The molecule has 0 saturated heterocycles. The van der Waals surface area contributed by atoms with Gasteiger partial charge >= 0.3 is 0 Å². The van der Waals surface area contributed by atoms with E-state index in [9.17, 15) is 17.6 Å². The standard InChI is InChI=1S/C13H15FN2O3S/c1-8-7-11(4-5-12(8)14)16-13(17)9(2)6-10(3)20(15,18)19/h4-7H,2H2,1,3H3,(H,16,17)(H2,15,18,19)/b10-6+. The zero-order valence-corrected chi connectivity index (χ0v) is 11.9. The van der Waals surface area contributed by atoms with Gasteiger partial charge in [0.15, 0.2) is 0 Å². The van der Waals surface area contributed by atoms with Crippen LogP contribution in [-0.4, -0.2) is 14.3 Å². The van der Waals surface area contributed by atoms with E-state index in [-0.39, 0.29) is 16.3 Å². The molecule has 1 aromatic carbocycles. The lowest BCUT2D eigenvalue weighted by Gasteiger charge is -2.07. The number of amides is 1. The van der Waals surface area contributed by atoms with Crippen molar-refractivity contribution in [1.82, 2.24) is 0 Å². The number of hydrogen-bond acceptors (Lipinski definition) is 3. The number of benzene rings is 1. The fraction of sp³-hybridized carbons (Fsp3) is 0.154. The number of hydrogen-bond donors (Lipinski definition) is 2. The van der Waals surface area contributed by atoms with Crippen molar-refractivity contribution in [1.29, 1.82) is 0 Å². The van der Waals surface area contributed by atoms with Gasteiger partial charge in [0, 0.05) is 11.3 Å². The van der Waals surface area contributed by atoms with Crippen LogP contribution < -0.4 is 10.5 Å². The molecule has 7 heteroatoms. The SMILES string of the molecule is C=C(/C=C(\C)S(N)(=O)=O)C(=O)Nc1ccc(F)c(C)c1. The van der Waals surface area contributed by atoms with E-state index in [0.29, 0.717) is 11.3 Å². The van der Waals surface area contributed by atoms with Gasteiger partial charge in [0.2, 0.25) is 10.0 Å². The van der Waals surface area contributed by atoms with Crippen LogP contribution >= 0.6 is 0 Å². The van der Waals surface area contributed by atoms with Crippen LogP contribution in [-0.2, 0) is 14.8 Å². The lowest BCUT2D eigenvalue weighted by atomic mass is 10.2. The van der Waals surface area contributed by atoms with Crippen molar-refractivity contribution in [3.63, 3.8) is 0 Å². The molecule has 0 aliphatic carbocycles. The van der Waals surface area contributed by atoms with E-state index in [4.69, 9.17) is 5.14 Å². The van der Waals surface area contributed by atoms with Crippen LogP contribution in [0.3, 0.4) is 0 Å². The maximum atomic E-state index is 13.1. The second kappa shape index (κ2) is 5.98. The number of carbonyl (C=O) groups excluding carboxylic acids is 1. The predicted octanol–water partition coefficient (Wildman–Crippen LogP) is 1.82. The van der Waals surface area contributed by atoms with Gasteiger partial charge in [-0.3, -0.25) is 4.79 Å². The van der Waals surface area contributed by atoms with Crippen molar-refractivity contribution in [2.24, 2.45) is 5.14 Å². The molecule has 3 N–H and O–H groups in total. The van der Waals surface area contributed by atoms with E-state index >= 15 is 0 Å². The van der Waals surface area contributed by atoms with Crippen molar-refractivity contribution in [2.75, 3.05) is 5.32 Å². The maximum Gasteiger partial charge on any atom is 0.255 e. The third-order valence-corrected chi connectivity index (χ3v) is 3.55. The quantitative estimate of drug-likeness (QED) is 0.656. The molecular formula is C13H15FN2O3S. The summed E-state index contributed by atoms with van der Waals surface area (Å²) in [7, 11) is -3.85. The highest BCUT2D eigenvalue weighted by Crippen LogP contribution is 2.15. The number of nitrogens with one attached hydrogen (secondary N) is 1. The Morgan fingerprint density at radius 3 is 2.55 bits per heavy atom. The van der Waals surface area contributed by atoms with Crippen LogP contribution in [0.25, 0.3) is 0 Å². The number of nitrogens with two attached hydrogens (primary N) is 1. The molecule has 1 amide bonds. The van der Waals surface area contributed by atoms with E-state index < -0.39 is 15.9 Å². The molecule has 0 aliphatic rings. The molecule has 0 fully saturated rings. The van der Waals surface area contributed by atoms with Gasteiger partial charge in [-0.05, 0) is 43.7 Å². The molecule has 108 valence electrons. The van der Waals surface area contributed by atoms with Gasteiger partial charge in [-0.25, -0.2) is 17.9 Å². The molecule has 0 saturated carbocycles. The largest absolute Gasteiger partial charge is 0.322 e. The van der Waals surface area contributed by atoms with Crippen molar-refractivity contribution in [2.45, 2.75) is 13.8 Å². The highest BCUT2D eigenvalue weighted by Gasteiger charge is 2.11. The number of carbonyl (C=O) groups is 1. The highest BCUT2D eigenvalue weighted by molar-refractivity contribution is 7.93. The number of allylic oxidation sites excluding steroid dienone is 1. The van der Waals surface area contributed by atoms with Crippen LogP contribution in [0.2, 0.25) is 0 Å². The fourth-order valence-corrected chi connectivity index (χ4v) is 1.63. The van der Waals surface area contributed by atoms with Gasteiger partial charge in [0.1, 0.15) is 5.82 Å². The minimum Gasteiger partial charge on any atom is -0.322 e. The average molecular weight is 298 g/mol. The second-order valence-electron chi connectivity index (χ2n) is 4.24. The van der Waals surface area contributed by atoms with Gasteiger partial charge in [-0.1, -0.05) is 6.58 Å². The summed E-state index contributed by atoms with van der Waals surface area (Å²) in [4.78, 5) is 11.6. The summed E-state index contributed by atoms with van der Waals surface area (Å²) in [6.45, 7) is 6.28. The molecule has 20 heavy (non-hydrogen) atoms. The first-order chi connectivity index (χ1) is 9.11. The lowest BCUT2D eigenvalue weighted by Crippen LogP contribution is -2.16. The van der Waals surface area contributed by atoms with Crippen LogP contribution in [0.5, 0.6) is 0 Å². The highest BCUT2D eigenvalue weighted by atomic mass is 32.2. The molecule has 0 aromatic heterocycles. The minimum atomic E-state index is -3.85. The monoisotopic (exact) mass is 298 g/mol. The Hall–Kier alpha value is -1.99. The van der Waals surface area contributed by atoms with Gasteiger partial charge in [-0.2, -0.15) is 0 Å². The third kappa shape index (κ3) is 4.29. The maximum absolute atomic E-state index is 13.1. The third-order valence-electron chi connectivity index (χ3n) is 2.53. The van der Waals surface area contributed by atoms with E-state index in [1.165, 1.54) is 25.1 Å². The van der Waals surface area contributed by atoms with Crippen molar-refractivity contribution >= 4 is 21.6 Å². The Kier molecular flexibility index (Phi) is 4.80. The molecule has 0 radical (unpaired) electrons. The topological polar surface area (TPSA) is 89.3 Å². The zero-order valence-electron chi connectivity index (χ0n) is 11.1. The molecule has 0 heterocycles. The number of anilines is 1. The number of rotatable bonds is 4. The van der Waals surface area contributed by atoms with E-state index in [2.05, 4.69) is 11.9 Å². The Morgan fingerprint density at radius 2 is 2.05 bits per heavy atom. The number of aryl methyl sites for hydroxylation is 1. The van der Waals surface area contributed by atoms with Gasteiger partial charge in [0.05, 0.1) is 4.91 Å². The number of sulfonamides is 1. The molecule has 1 aromatic rings. The van der Waals surface area contributed by atoms with Crippen LogP contribution in [0.15, 0.2) is 41.3 Å². The fourth-order valence-electron chi connectivity index (χ4n) is 1.33. The second-order valence-corrected chi connectivity index (χ2v) is 5.98. The first kappa shape index (κ1) is 16.1. The normalized spacial score (nSPS) is 12.1. The molecule has 0 atom stereocenters. The van der Waals surface area contributed by atoms with Crippen LogP contribution in [0.4, 0.5) is 10.1 Å². The summed E-state index contributed by atoms with van der Waals surface area (Å²) in [6.07, 6.45) is 1.07. The smallest absolute Gasteiger partial charge is 0.255 e. The number of halogens is 1. The van der Waals surface area contributed by atoms with E-state index in [1.807, 2.05) is 0 Å². The molecule has 1 rings (SSSR count). The van der Waals surface area contributed by atoms with E-state index in [0.717, 1.165) is 6.08 Å². The molecular weight excluding hydrogens is 283 g/mol. The Balaban J connectivity index is 2.86. The summed E-state index contributed by atoms with van der Waals surface area (Å²) >= 11 is 0. The number of primary sulfonamides is 1. The molecule has 0 spiro atoms. The summed E-state index contributed by atoms with van der Waals surface area (Å²) in [5.41, 5.74) is 0.694. The summed E-state index contributed by atoms with van der Waals surface area (Å²) in [5, 5.41) is 7.39. The van der Waals surface area contributed by atoms with E-state index in [1.54, 1.807) is 6.92 Å². The van der Waals surface area contributed by atoms with Crippen molar-refractivity contribution in [3.8, 4) is 0 Å². The zero-order chi connectivity index (χ0) is 15.5. The summed E-state index contributed by atoms with van der Waals surface area (Å²) in [6, 6.07) is 4.07. The van der Waals surface area contributed by atoms with Gasteiger partial charge < -0.3 is 5.32 Å². The molecule has 5 nitrogen and oxygen atoms in total. The van der Waals surface area contributed by atoms with Crippen molar-refractivity contribution < 1.29 is 17.6 Å². The summed E-state index contributed by atoms with van der Waals surface area (Å²) < 4.78 is 35.1. The molecule has 0 bridgehead atoms. The first-order valence-electron chi connectivity index (χ1n) is 5.59. The van der Waals surface area contributed by atoms with Crippen LogP contribution in [0, 0.1) is 12.7 Å². The lowest BCUT2D eigenvalue weighted by molar-refractivity contribution is -0.112.